The quantitative estimate of drug-likeness (QED) is 0.769. The summed E-state index contributed by atoms with van der Waals surface area (Å²) in [5.74, 6) is 4.51. The average molecular weight is 226 g/mol. The summed E-state index contributed by atoms with van der Waals surface area (Å²) < 4.78 is 0. The fourth-order valence-electron chi connectivity index (χ4n) is 3.49. The predicted octanol–water partition coefficient (Wildman–Crippen LogP) is 3.96. The second kappa shape index (κ2) is 6.05. The summed E-state index contributed by atoms with van der Waals surface area (Å²) in [6, 6.07) is 0. The number of hydrogen-bond acceptors (Lipinski definition) is 1. The summed E-state index contributed by atoms with van der Waals surface area (Å²) in [7, 11) is 0. The van der Waals surface area contributed by atoms with Crippen LogP contribution in [0.1, 0.15) is 53.9 Å². The fraction of sp³-hybridized carbons (Fsp3) is 1.00. The molecule has 0 aliphatic heterocycles. The van der Waals surface area contributed by atoms with E-state index in [1.54, 1.807) is 0 Å². The molecule has 4 atom stereocenters. The van der Waals surface area contributed by atoms with Crippen LogP contribution in [0.2, 0.25) is 0 Å². The van der Waals surface area contributed by atoms with Crippen molar-refractivity contribution < 1.29 is 5.11 Å². The lowest BCUT2D eigenvalue weighted by Crippen LogP contribution is -2.35. The zero-order chi connectivity index (χ0) is 12.3. The largest absolute Gasteiger partial charge is 0.396 e. The van der Waals surface area contributed by atoms with E-state index in [1.807, 2.05) is 0 Å². The van der Waals surface area contributed by atoms with Gasteiger partial charge in [-0.2, -0.15) is 0 Å². The van der Waals surface area contributed by atoms with Gasteiger partial charge in [-0.15, -0.1) is 0 Å². The van der Waals surface area contributed by atoms with Crippen molar-refractivity contribution in [2.45, 2.75) is 53.9 Å². The maximum Gasteiger partial charge on any atom is 0.0459 e. The van der Waals surface area contributed by atoms with Crippen molar-refractivity contribution in [2.75, 3.05) is 6.61 Å². The van der Waals surface area contributed by atoms with E-state index >= 15 is 0 Å². The Morgan fingerprint density at radius 1 is 0.938 bits per heavy atom. The normalized spacial score (nSPS) is 33.4. The Morgan fingerprint density at radius 2 is 1.56 bits per heavy atom. The number of rotatable bonds is 4. The molecule has 1 N–H and O–H groups in total. The van der Waals surface area contributed by atoms with Gasteiger partial charge in [0, 0.05) is 6.61 Å². The Labute approximate surface area is 102 Å². The van der Waals surface area contributed by atoms with Gasteiger partial charge in [0.25, 0.3) is 0 Å². The molecule has 0 aromatic heterocycles. The van der Waals surface area contributed by atoms with E-state index in [1.165, 1.54) is 19.3 Å². The summed E-state index contributed by atoms with van der Waals surface area (Å²) >= 11 is 0. The van der Waals surface area contributed by atoms with Gasteiger partial charge in [-0.3, -0.25) is 0 Å². The van der Waals surface area contributed by atoms with E-state index < -0.39 is 0 Å². The maximum atomic E-state index is 9.41. The van der Waals surface area contributed by atoms with E-state index in [-0.39, 0.29) is 0 Å². The number of hydrogen-bond donors (Lipinski definition) is 1. The van der Waals surface area contributed by atoms with Crippen LogP contribution < -0.4 is 0 Å². The van der Waals surface area contributed by atoms with Gasteiger partial charge in [-0.25, -0.2) is 0 Å². The summed E-state index contributed by atoms with van der Waals surface area (Å²) in [4.78, 5) is 0. The van der Waals surface area contributed by atoms with Crippen LogP contribution in [-0.4, -0.2) is 11.7 Å². The molecule has 4 unspecified atom stereocenters. The van der Waals surface area contributed by atoms with Crippen molar-refractivity contribution in [2.24, 2.45) is 35.5 Å². The first-order chi connectivity index (χ1) is 7.47. The summed E-state index contributed by atoms with van der Waals surface area (Å²) in [6.07, 6.45) is 4.10. The Balaban J connectivity index is 2.69. The molecule has 0 bridgehead atoms. The van der Waals surface area contributed by atoms with Crippen LogP contribution in [0, 0.1) is 35.5 Å². The highest BCUT2D eigenvalue weighted by Crippen LogP contribution is 2.43. The summed E-state index contributed by atoms with van der Waals surface area (Å²) in [6.45, 7) is 12.0. The smallest absolute Gasteiger partial charge is 0.0459 e. The molecule has 0 amide bonds. The van der Waals surface area contributed by atoms with E-state index in [9.17, 15) is 5.11 Å². The molecule has 0 saturated heterocycles. The van der Waals surface area contributed by atoms with Gasteiger partial charge < -0.3 is 5.11 Å². The molecule has 96 valence electrons. The minimum Gasteiger partial charge on any atom is -0.396 e. The molecule has 1 heteroatoms. The molecular weight excluding hydrogens is 196 g/mol. The third-order valence-corrected chi connectivity index (χ3v) is 4.81. The van der Waals surface area contributed by atoms with Crippen LogP contribution in [0.4, 0.5) is 0 Å². The first-order valence-electron chi connectivity index (χ1n) is 7.08. The first-order valence-corrected chi connectivity index (χ1v) is 7.08. The molecule has 1 saturated carbocycles. The highest BCUT2D eigenvalue weighted by atomic mass is 16.3. The van der Waals surface area contributed by atoms with Gasteiger partial charge >= 0.3 is 0 Å². The van der Waals surface area contributed by atoms with Crippen molar-refractivity contribution in [3.8, 4) is 0 Å². The summed E-state index contributed by atoms with van der Waals surface area (Å²) in [5.41, 5.74) is 0. The molecule has 0 heterocycles. The number of aliphatic hydroxyl groups excluding tert-OH is 1. The Kier molecular flexibility index (Phi) is 5.30. The zero-order valence-electron chi connectivity index (χ0n) is 11.7. The second-order valence-electron chi connectivity index (χ2n) is 6.55. The first kappa shape index (κ1) is 14.0. The van der Waals surface area contributed by atoms with Gasteiger partial charge in [-0.05, 0) is 54.8 Å². The van der Waals surface area contributed by atoms with Crippen LogP contribution in [0.5, 0.6) is 0 Å². The van der Waals surface area contributed by atoms with E-state index in [0.29, 0.717) is 12.5 Å². The molecular formula is C15H30O. The Bertz CT molecular complexity index is 198. The van der Waals surface area contributed by atoms with Crippen LogP contribution in [0.25, 0.3) is 0 Å². The molecule has 1 nitrogen and oxygen atoms in total. The predicted molar refractivity (Wildman–Crippen MR) is 70.2 cm³/mol. The Hall–Kier alpha value is -0.0400. The third-order valence-electron chi connectivity index (χ3n) is 4.81. The molecule has 16 heavy (non-hydrogen) atoms. The van der Waals surface area contributed by atoms with Crippen molar-refractivity contribution in [3.05, 3.63) is 0 Å². The van der Waals surface area contributed by atoms with Crippen LogP contribution in [0.3, 0.4) is 0 Å². The molecule has 0 spiro atoms. The second-order valence-corrected chi connectivity index (χ2v) is 6.55. The highest BCUT2D eigenvalue weighted by molar-refractivity contribution is 4.85. The van der Waals surface area contributed by atoms with Crippen molar-refractivity contribution in [1.82, 2.24) is 0 Å². The Morgan fingerprint density at radius 3 is 2.00 bits per heavy atom. The van der Waals surface area contributed by atoms with Gasteiger partial charge in [0.2, 0.25) is 0 Å². The molecule has 1 aliphatic carbocycles. The molecule has 1 fully saturated rings. The molecule has 0 aromatic rings. The lowest BCUT2D eigenvalue weighted by Gasteiger charge is -2.42. The van der Waals surface area contributed by atoms with Crippen molar-refractivity contribution >= 4 is 0 Å². The van der Waals surface area contributed by atoms with E-state index in [0.717, 1.165) is 29.6 Å². The standard InChI is InChI=1S/C15H30O/c1-10(2)13-6-7-14(11(3)4)15(8-13)12(5)9-16/h10-16H,6-9H2,1-5H3. The molecule has 0 aromatic carbocycles. The van der Waals surface area contributed by atoms with Gasteiger partial charge in [0.05, 0.1) is 0 Å². The van der Waals surface area contributed by atoms with Gasteiger partial charge in [0.1, 0.15) is 0 Å². The van der Waals surface area contributed by atoms with Gasteiger partial charge in [0.15, 0.2) is 0 Å². The highest BCUT2D eigenvalue weighted by Gasteiger charge is 2.35. The molecule has 1 aliphatic rings. The SMILES string of the molecule is CC(C)C1CCC(C(C)C)C(C(C)CO)C1. The fourth-order valence-corrected chi connectivity index (χ4v) is 3.49. The minimum atomic E-state index is 0.360. The van der Waals surface area contributed by atoms with Gasteiger partial charge in [-0.1, -0.05) is 34.6 Å². The lowest BCUT2D eigenvalue weighted by atomic mass is 9.63. The average Bonchev–Trinajstić information content (AvgIpc) is 2.26. The van der Waals surface area contributed by atoms with Crippen LogP contribution in [0.15, 0.2) is 0 Å². The lowest BCUT2D eigenvalue weighted by molar-refractivity contribution is 0.0508. The third kappa shape index (κ3) is 3.23. The van der Waals surface area contributed by atoms with Crippen LogP contribution >= 0.6 is 0 Å². The van der Waals surface area contributed by atoms with Crippen LogP contribution in [-0.2, 0) is 0 Å². The monoisotopic (exact) mass is 226 g/mol. The van der Waals surface area contributed by atoms with E-state index in [4.69, 9.17) is 0 Å². The maximum absolute atomic E-state index is 9.41. The minimum absolute atomic E-state index is 0.360. The molecule has 1 rings (SSSR count). The molecule has 0 radical (unpaired) electrons. The number of aliphatic hydroxyl groups is 1. The van der Waals surface area contributed by atoms with Crippen molar-refractivity contribution in [3.63, 3.8) is 0 Å². The van der Waals surface area contributed by atoms with Crippen molar-refractivity contribution in [1.29, 1.82) is 0 Å². The zero-order valence-corrected chi connectivity index (χ0v) is 11.7. The topological polar surface area (TPSA) is 20.2 Å². The summed E-state index contributed by atoms with van der Waals surface area (Å²) in [5, 5.41) is 9.41. The van der Waals surface area contributed by atoms with E-state index in [2.05, 4.69) is 34.6 Å².